The molecule has 1 fully saturated rings. The summed E-state index contributed by atoms with van der Waals surface area (Å²) < 4.78 is 5.35. The first-order valence-electron chi connectivity index (χ1n) is 6.88. The number of aliphatic imine (C=N–C) groups is 1. The van der Waals surface area contributed by atoms with Crippen molar-refractivity contribution in [2.45, 2.75) is 18.6 Å². The largest absolute Gasteiger partial charge is 0.465 e. The topological polar surface area (TPSA) is 82.4 Å². The van der Waals surface area contributed by atoms with Crippen molar-refractivity contribution >= 4 is 11.8 Å². The van der Waals surface area contributed by atoms with Crippen LogP contribution in [0.3, 0.4) is 0 Å². The number of benzene rings is 1. The van der Waals surface area contributed by atoms with Crippen molar-refractivity contribution in [2.75, 3.05) is 26.8 Å². The first-order chi connectivity index (χ1) is 10.2. The Bertz CT molecular complexity index is 504. The van der Waals surface area contributed by atoms with Crippen LogP contribution in [0.5, 0.6) is 0 Å². The van der Waals surface area contributed by atoms with Crippen LogP contribution in [0.25, 0.3) is 0 Å². The van der Waals surface area contributed by atoms with Gasteiger partial charge < -0.3 is 19.8 Å². The summed E-state index contributed by atoms with van der Waals surface area (Å²) in [7, 11) is 1.54. The Morgan fingerprint density at radius 2 is 2.19 bits per heavy atom. The Morgan fingerprint density at radius 3 is 2.76 bits per heavy atom. The van der Waals surface area contributed by atoms with Crippen molar-refractivity contribution in [2.24, 2.45) is 4.99 Å². The third kappa shape index (κ3) is 3.80. The van der Waals surface area contributed by atoms with Gasteiger partial charge in [0.25, 0.3) is 0 Å². The van der Waals surface area contributed by atoms with E-state index in [-0.39, 0.29) is 25.3 Å². The minimum Gasteiger partial charge on any atom is -0.465 e. The minimum atomic E-state index is -0.946. The molecule has 0 radical (unpaired) electrons. The maximum atomic E-state index is 11.0. The Hall–Kier alpha value is -1.92. The van der Waals surface area contributed by atoms with Crippen LogP contribution in [0.4, 0.5) is 4.79 Å². The van der Waals surface area contributed by atoms with Crippen LogP contribution in [0, 0.1) is 0 Å². The SMILES string of the molecule is CO[C@@H]1CN(C(=O)O)CC/C1=N/C(CO)c1ccccc1. The number of likely N-dealkylation sites (tertiary alicyclic amines) is 1. The highest BCUT2D eigenvalue weighted by Crippen LogP contribution is 2.20. The van der Waals surface area contributed by atoms with E-state index in [9.17, 15) is 9.90 Å². The highest BCUT2D eigenvalue weighted by Gasteiger charge is 2.28. The van der Waals surface area contributed by atoms with Crippen LogP contribution >= 0.6 is 0 Å². The van der Waals surface area contributed by atoms with Crippen LogP contribution in [-0.4, -0.2) is 59.8 Å². The number of hydrogen-bond donors (Lipinski definition) is 2. The molecule has 0 aromatic heterocycles. The second-order valence-electron chi connectivity index (χ2n) is 4.93. The van der Waals surface area contributed by atoms with Gasteiger partial charge in [0.2, 0.25) is 0 Å². The minimum absolute atomic E-state index is 0.0907. The molecular weight excluding hydrogens is 272 g/mol. The Labute approximate surface area is 123 Å². The summed E-state index contributed by atoms with van der Waals surface area (Å²) in [4.78, 5) is 16.9. The van der Waals surface area contributed by atoms with E-state index in [1.54, 1.807) is 7.11 Å². The fourth-order valence-electron chi connectivity index (χ4n) is 2.44. The van der Waals surface area contributed by atoms with Crippen molar-refractivity contribution in [3.63, 3.8) is 0 Å². The van der Waals surface area contributed by atoms with E-state index >= 15 is 0 Å². The lowest BCUT2D eigenvalue weighted by molar-refractivity contribution is 0.0856. The van der Waals surface area contributed by atoms with Crippen molar-refractivity contribution in [3.8, 4) is 0 Å². The molecule has 2 N–H and O–H groups in total. The van der Waals surface area contributed by atoms with Crippen LogP contribution in [0.1, 0.15) is 18.0 Å². The van der Waals surface area contributed by atoms with Gasteiger partial charge >= 0.3 is 6.09 Å². The van der Waals surface area contributed by atoms with Crippen LogP contribution in [-0.2, 0) is 4.74 Å². The first-order valence-corrected chi connectivity index (χ1v) is 6.88. The van der Waals surface area contributed by atoms with Gasteiger partial charge in [-0.15, -0.1) is 0 Å². The molecule has 6 heteroatoms. The molecule has 0 aliphatic carbocycles. The summed E-state index contributed by atoms with van der Waals surface area (Å²) >= 11 is 0. The molecule has 1 aromatic carbocycles. The van der Waals surface area contributed by atoms with Crippen LogP contribution in [0.15, 0.2) is 35.3 Å². The number of carbonyl (C=O) groups is 1. The lowest BCUT2D eigenvalue weighted by Gasteiger charge is -2.31. The number of ether oxygens (including phenoxy) is 1. The number of aliphatic hydroxyl groups is 1. The van der Waals surface area contributed by atoms with Gasteiger partial charge in [0.15, 0.2) is 0 Å². The molecule has 2 atom stereocenters. The lowest BCUT2D eigenvalue weighted by atomic mass is 10.0. The predicted octanol–water partition coefficient (Wildman–Crippen LogP) is 1.56. The number of aliphatic hydroxyl groups excluding tert-OH is 1. The van der Waals surface area contributed by atoms with E-state index in [2.05, 4.69) is 4.99 Å². The second-order valence-corrected chi connectivity index (χ2v) is 4.93. The number of methoxy groups -OCH3 is 1. The molecule has 1 heterocycles. The second kappa shape index (κ2) is 7.19. The summed E-state index contributed by atoms with van der Waals surface area (Å²) in [5.41, 5.74) is 1.74. The molecule has 1 aliphatic heterocycles. The molecule has 0 spiro atoms. The fourth-order valence-corrected chi connectivity index (χ4v) is 2.44. The smallest absolute Gasteiger partial charge is 0.407 e. The van der Waals surface area contributed by atoms with Crippen molar-refractivity contribution < 1.29 is 19.7 Å². The van der Waals surface area contributed by atoms with Gasteiger partial charge in [-0.25, -0.2) is 4.79 Å². The first kappa shape index (κ1) is 15.5. The summed E-state index contributed by atoms with van der Waals surface area (Å²) in [6.45, 7) is 0.588. The van der Waals surface area contributed by atoms with Crippen LogP contribution < -0.4 is 0 Å². The van der Waals surface area contributed by atoms with E-state index in [0.717, 1.165) is 11.3 Å². The Balaban J connectivity index is 2.16. The molecule has 2 rings (SSSR count). The number of amides is 1. The van der Waals surface area contributed by atoms with Crippen molar-refractivity contribution in [1.29, 1.82) is 0 Å². The summed E-state index contributed by atoms with van der Waals surface area (Å²) in [6.07, 6.45) is -0.779. The average molecular weight is 292 g/mol. The van der Waals surface area contributed by atoms with Crippen molar-refractivity contribution in [3.05, 3.63) is 35.9 Å². The zero-order valence-corrected chi connectivity index (χ0v) is 12.0. The van der Waals surface area contributed by atoms with E-state index in [4.69, 9.17) is 9.84 Å². The maximum absolute atomic E-state index is 11.0. The van der Waals surface area contributed by atoms with Gasteiger partial charge in [0, 0.05) is 25.8 Å². The molecule has 0 bridgehead atoms. The van der Waals surface area contributed by atoms with E-state index in [0.29, 0.717) is 13.0 Å². The average Bonchev–Trinajstić information content (AvgIpc) is 2.53. The number of nitrogens with zero attached hydrogens (tertiary/aromatic N) is 2. The highest BCUT2D eigenvalue weighted by molar-refractivity contribution is 5.91. The number of carboxylic acid groups (broad SMARTS) is 1. The van der Waals surface area contributed by atoms with Gasteiger partial charge in [-0.2, -0.15) is 0 Å². The quantitative estimate of drug-likeness (QED) is 0.882. The molecule has 0 saturated carbocycles. The van der Waals surface area contributed by atoms with Gasteiger partial charge in [-0.3, -0.25) is 4.99 Å². The van der Waals surface area contributed by atoms with Gasteiger partial charge in [-0.1, -0.05) is 30.3 Å². The Kier molecular flexibility index (Phi) is 5.30. The van der Waals surface area contributed by atoms with Gasteiger partial charge in [-0.05, 0) is 5.56 Å². The number of hydrogen-bond acceptors (Lipinski definition) is 4. The lowest BCUT2D eigenvalue weighted by Crippen LogP contribution is -2.47. The van der Waals surface area contributed by atoms with E-state index in [1.807, 2.05) is 30.3 Å². The molecule has 1 aliphatic rings. The number of piperidine rings is 1. The summed E-state index contributed by atoms with van der Waals surface area (Å²) in [5.74, 6) is 0. The molecule has 1 unspecified atom stereocenters. The van der Waals surface area contributed by atoms with Crippen LogP contribution in [0.2, 0.25) is 0 Å². The third-order valence-corrected chi connectivity index (χ3v) is 3.63. The third-order valence-electron chi connectivity index (χ3n) is 3.63. The van der Waals surface area contributed by atoms with Crippen molar-refractivity contribution in [1.82, 2.24) is 4.90 Å². The van der Waals surface area contributed by atoms with E-state index in [1.165, 1.54) is 4.90 Å². The molecule has 6 nitrogen and oxygen atoms in total. The molecule has 1 saturated heterocycles. The molecule has 1 amide bonds. The van der Waals surface area contributed by atoms with E-state index < -0.39 is 6.09 Å². The normalized spacial score (nSPS) is 22.3. The number of rotatable bonds is 4. The molecule has 1 aromatic rings. The monoisotopic (exact) mass is 292 g/mol. The summed E-state index contributed by atoms with van der Waals surface area (Å²) in [5, 5.41) is 18.6. The maximum Gasteiger partial charge on any atom is 0.407 e. The standard InChI is InChI=1S/C15H20N2O4/c1-21-14-9-17(15(19)20)8-7-12(14)16-13(10-18)11-5-3-2-4-6-11/h2-6,13-14,18H,7-10H2,1H3,(H,19,20)/b16-12-/t13?,14-/m1/s1. The Morgan fingerprint density at radius 1 is 1.48 bits per heavy atom. The highest BCUT2D eigenvalue weighted by atomic mass is 16.5. The van der Waals surface area contributed by atoms with Gasteiger partial charge in [0.05, 0.1) is 19.2 Å². The zero-order valence-electron chi connectivity index (χ0n) is 12.0. The zero-order chi connectivity index (χ0) is 15.2. The summed E-state index contributed by atoms with van der Waals surface area (Å²) in [6, 6.07) is 9.21. The predicted molar refractivity (Wildman–Crippen MR) is 78.7 cm³/mol. The fraction of sp³-hybridized carbons (Fsp3) is 0.467. The molecule has 114 valence electrons. The molecule has 21 heavy (non-hydrogen) atoms. The molecular formula is C15H20N2O4. The van der Waals surface area contributed by atoms with Gasteiger partial charge in [0.1, 0.15) is 6.10 Å².